The lowest BCUT2D eigenvalue weighted by Crippen LogP contribution is -2.45. The Hall–Kier alpha value is -2.67. The van der Waals surface area contributed by atoms with Crippen molar-refractivity contribution in [1.29, 1.82) is 0 Å². The summed E-state index contributed by atoms with van der Waals surface area (Å²) in [6.45, 7) is 4.17. The first-order valence-corrected chi connectivity index (χ1v) is 14.5. The van der Waals surface area contributed by atoms with E-state index < -0.39 is 0 Å². The van der Waals surface area contributed by atoms with Gasteiger partial charge < -0.3 is 15.1 Å². The Morgan fingerprint density at radius 2 is 1.58 bits per heavy atom. The molecule has 0 saturated carbocycles. The van der Waals surface area contributed by atoms with Gasteiger partial charge in [0.15, 0.2) is 0 Å². The van der Waals surface area contributed by atoms with Crippen LogP contribution in [0.15, 0.2) is 83.3 Å². The average molecular weight is 595 g/mol. The topological polar surface area (TPSA) is 52.7 Å². The molecule has 0 aliphatic carbocycles. The molecule has 0 bridgehead atoms. The van der Waals surface area contributed by atoms with Gasteiger partial charge in [0.1, 0.15) is 0 Å². The maximum absolute atomic E-state index is 13.4. The first kappa shape index (κ1) is 26.9. The molecule has 198 valence electrons. The minimum atomic E-state index is -0.219. The van der Waals surface area contributed by atoms with E-state index in [1.54, 1.807) is 12.1 Å². The Balaban J connectivity index is 1.17. The lowest BCUT2D eigenvalue weighted by Gasteiger charge is -2.38. The van der Waals surface area contributed by atoms with Crippen molar-refractivity contribution in [2.75, 3.05) is 26.2 Å². The Morgan fingerprint density at radius 1 is 0.921 bits per heavy atom. The van der Waals surface area contributed by atoms with Crippen molar-refractivity contribution in [3.8, 4) is 0 Å². The summed E-state index contributed by atoms with van der Waals surface area (Å²) in [4.78, 5) is 30.9. The Kier molecular flexibility index (Phi) is 8.51. The predicted octanol–water partition coefficient (Wildman–Crippen LogP) is 6.48. The normalized spacial score (nSPS) is 18.1. The van der Waals surface area contributed by atoms with E-state index in [-0.39, 0.29) is 17.4 Å². The number of hydrogen-bond acceptors (Lipinski definition) is 3. The summed E-state index contributed by atoms with van der Waals surface area (Å²) in [5, 5.41) is 3.66. The first-order valence-electron chi connectivity index (χ1n) is 13.3. The number of carbonyl (C=O) groups is 2. The lowest BCUT2D eigenvalue weighted by atomic mass is 9.77. The molecule has 3 aromatic carbocycles. The van der Waals surface area contributed by atoms with Crippen LogP contribution in [0.1, 0.15) is 53.2 Å². The maximum atomic E-state index is 13.4. The minimum absolute atomic E-state index is 0.120. The van der Waals surface area contributed by atoms with Gasteiger partial charge in [-0.2, -0.15) is 0 Å². The van der Waals surface area contributed by atoms with Crippen LogP contribution in [0.5, 0.6) is 0 Å². The summed E-state index contributed by atoms with van der Waals surface area (Å²) >= 11 is 9.76. The predicted molar refractivity (Wildman–Crippen MR) is 155 cm³/mol. The van der Waals surface area contributed by atoms with Crippen LogP contribution in [0.4, 0.5) is 0 Å². The highest BCUT2D eigenvalue weighted by atomic mass is 79.9. The molecule has 1 spiro atoms. The summed E-state index contributed by atoms with van der Waals surface area (Å²) in [5.74, 6) is 0.152. The SMILES string of the molecule is O=C(NC(CCN1CCC2(CC1)CCN(Cc1ccc(Br)cc1)C2=O)c1ccccc1)c1ccccc1Cl. The quantitative estimate of drug-likeness (QED) is 0.325. The van der Waals surface area contributed by atoms with E-state index in [1.165, 1.54) is 5.56 Å². The summed E-state index contributed by atoms with van der Waals surface area (Å²) in [6, 6.07) is 25.3. The molecule has 2 saturated heterocycles. The zero-order chi connectivity index (χ0) is 26.5. The van der Waals surface area contributed by atoms with Gasteiger partial charge in [0.05, 0.1) is 22.0 Å². The second-order valence-electron chi connectivity index (χ2n) is 10.4. The van der Waals surface area contributed by atoms with Gasteiger partial charge in [0.2, 0.25) is 5.91 Å². The van der Waals surface area contributed by atoms with Crippen LogP contribution < -0.4 is 5.32 Å². The van der Waals surface area contributed by atoms with Gasteiger partial charge in [-0.3, -0.25) is 9.59 Å². The van der Waals surface area contributed by atoms with Crippen LogP contribution >= 0.6 is 27.5 Å². The Labute approximate surface area is 238 Å². The van der Waals surface area contributed by atoms with Crippen LogP contribution in [-0.4, -0.2) is 47.8 Å². The molecule has 0 aromatic heterocycles. The molecule has 2 amide bonds. The molecule has 2 aliphatic heterocycles. The fourth-order valence-corrected chi connectivity index (χ4v) is 6.21. The molecule has 2 aliphatic rings. The Morgan fingerprint density at radius 3 is 2.29 bits per heavy atom. The average Bonchev–Trinajstić information content (AvgIpc) is 3.23. The molecule has 0 radical (unpaired) electrons. The molecular formula is C31H33BrClN3O2. The second kappa shape index (κ2) is 12.0. The van der Waals surface area contributed by atoms with Gasteiger partial charge in [-0.25, -0.2) is 0 Å². The molecule has 2 heterocycles. The third kappa shape index (κ3) is 6.14. The highest BCUT2D eigenvalue weighted by Gasteiger charge is 2.47. The number of amides is 2. The summed E-state index contributed by atoms with van der Waals surface area (Å²) in [6.07, 6.45) is 3.52. The van der Waals surface area contributed by atoms with Gasteiger partial charge >= 0.3 is 0 Å². The van der Waals surface area contributed by atoms with Crippen molar-refractivity contribution in [1.82, 2.24) is 15.1 Å². The van der Waals surface area contributed by atoms with Gasteiger partial charge in [-0.15, -0.1) is 0 Å². The highest BCUT2D eigenvalue weighted by Crippen LogP contribution is 2.42. The smallest absolute Gasteiger partial charge is 0.253 e. The highest BCUT2D eigenvalue weighted by molar-refractivity contribution is 9.10. The largest absolute Gasteiger partial charge is 0.345 e. The molecule has 5 nitrogen and oxygen atoms in total. The van der Waals surface area contributed by atoms with Crippen LogP contribution in [-0.2, 0) is 11.3 Å². The molecule has 7 heteroatoms. The van der Waals surface area contributed by atoms with E-state index in [0.29, 0.717) is 23.0 Å². The van der Waals surface area contributed by atoms with Crippen molar-refractivity contribution in [3.63, 3.8) is 0 Å². The number of nitrogens with zero attached hydrogens (tertiary/aromatic N) is 2. The van der Waals surface area contributed by atoms with Crippen molar-refractivity contribution >= 4 is 39.3 Å². The van der Waals surface area contributed by atoms with E-state index in [0.717, 1.165) is 61.9 Å². The first-order chi connectivity index (χ1) is 18.4. The molecule has 3 aromatic rings. The van der Waals surface area contributed by atoms with E-state index in [1.807, 2.05) is 47.4 Å². The van der Waals surface area contributed by atoms with Gasteiger partial charge in [-0.1, -0.05) is 82.1 Å². The number of benzene rings is 3. The number of carbonyl (C=O) groups excluding carboxylic acids is 2. The number of piperidine rings is 1. The summed E-state index contributed by atoms with van der Waals surface area (Å²) in [7, 11) is 0. The van der Waals surface area contributed by atoms with Crippen molar-refractivity contribution < 1.29 is 9.59 Å². The van der Waals surface area contributed by atoms with Crippen LogP contribution in [0.25, 0.3) is 0 Å². The molecule has 5 rings (SSSR count). The van der Waals surface area contributed by atoms with Crippen molar-refractivity contribution in [2.24, 2.45) is 5.41 Å². The zero-order valence-electron chi connectivity index (χ0n) is 21.4. The molecule has 38 heavy (non-hydrogen) atoms. The lowest BCUT2D eigenvalue weighted by molar-refractivity contribution is -0.138. The van der Waals surface area contributed by atoms with Gasteiger partial charge in [0.25, 0.3) is 5.91 Å². The second-order valence-corrected chi connectivity index (χ2v) is 11.8. The Bertz CT molecular complexity index is 1260. The maximum Gasteiger partial charge on any atom is 0.253 e. The van der Waals surface area contributed by atoms with Crippen LogP contribution in [0.3, 0.4) is 0 Å². The van der Waals surface area contributed by atoms with E-state index >= 15 is 0 Å². The number of halogens is 2. The van der Waals surface area contributed by atoms with E-state index in [9.17, 15) is 9.59 Å². The summed E-state index contributed by atoms with van der Waals surface area (Å²) in [5.41, 5.74) is 2.52. The number of nitrogens with one attached hydrogen (secondary N) is 1. The van der Waals surface area contributed by atoms with Crippen molar-refractivity contribution in [2.45, 2.75) is 38.3 Å². The fourth-order valence-electron chi connectivity index (χ4n) is 5.72. The van der Waals surface area contributed by atoms with Gasteiger partial charge in [0, 0.05) is 24.1 Å². The summed E-state index contributed by atoms with van der Waals surface area (Å²) < 4.78 is 1.05. The van der Waals surface area contributed by atoms with Crippen LogP contribution in [0, 0.1) is 5.41 Å². The third-order valence-corrected chi connectivity index (χ3v) is 8.92. The van der Waals surface area contributed by atoms with Crippen molar-refractivity contribution in [3.05, 3.63) is 105 Å². The van der Waals surface area contributed by atoms with Gasteiger partial charge in [-0.05, 0) is 74.2 Å². The van der Waals surface area contributed by atoms with Crippen LogP contribution in [0.2, 0.25) is 5.02 Å². The number of rotatable bonds is 8. The van der Waals surface area contributed by atoms with E-state index in [2.05, 4.69) is 50.4 Å². The number of hydrogen-bond donors (Lipinski definition) is 1. The zero-order valence-corrected chi connectivity index (χ0v) is 23.8. The third-order valence-electron chi connectivity index (χ3n) is 8.06. The standard InChI is InChI=1S/C31H33BrClN3O2/c32-25-12-10-23(11-13-25)22-36-21-17-31(30(36)38)15-19-35(20-16-31)18-14-28(24-6-2-1-3-7-24)34-29(37)26-8-4-5-9-27(26)33/h1-13,28H,14-22H2,(H,34,37). The minimum Gasteiger partial charge on any atom is -0.345 e. The monoisotopic (exact) mass is 593 g/mol. The molecular weight excluding hydrogens is 562 g/mol. The van der Waals surface area contributed by atoms with E-state index in [4.69, 9.17) is 11.6 Å². The molecule has 1 N–H and O–H groups in total. The molecule has 1 unspecified atom stereocenters. The molecule has 2 fully saturated rings. The molecule has 1 atom stereocenters. The number of likely N-dealkylation sites (tertiary alicyclic amines) is 2. The fraction of sp³-hybridized carbons (Fsp3) is 0.355.